The summed E-state index contributed by atoms with van der Waals surface area (Å²) in [5.41, 5.74) is 4.53. The van der Waals surface area contributed by atoms with Crippen molar-refractivity contribution in [2.75, 3.05) is 0 Å². The predicted molar refractivity (Wildman–Crippen MR) is 53.0 cm³/mol. The molecule has 0 atom stereocenters. The van der Waals surface area contributed by atoms with E-state index >= 15 is 0 Å². The average molecular weight is 196 g/mol. The van der Waals surface area contributed by atoms with Gasteiger partial charge in [0, 0.05) is 12.2 Å². The Kier molecular flexibility index (Phi) is 21.4. The molecular weight excluding hydrogens is 184 g/mol. The highest BCUT2D eigenvalue weighted by molar-refractivity contribution is 5.84. The molecule has 0 radical (unpaired) electrons. The number of carbonyl (C=O) groups excluding carboxylic acids is 1. The number of allylic oxidation sites excluding steroid dienone is 1. The van der Waals surface area contributed by atoms with Gasteiger partial charge in [-0.1, -0.05) is 19.7 Å². The average Bonchev–Trinajstić information content (AvgIpc) is 2.19. The van der Waals surface area contributed by atoms with Crippen molar-refractivity contribution in [2.24, 2.45) is 5.73 Å². The number of nitrogens with zero attached hydrogens (tertiary/aromatic N) is 1. The first kappa shape index (κ1) is 17.7. The van der Waals surface area contributed by atoms with Gasteiger partial charge in [0.15, 0.2) is 0 Å². The third-order valence-electron chi connectivity index (χ3n) is 0.467. The smallest absolute Gasteiger partial charge is 0.327 e. The predicted octanol–water partition coefficient (Wildman–Crippen LogP) is 0.611. The van der Waals surface area contributed by atoms with E-state index in [1.54, 1.807) is 6.07 Å². The Labute approximate surface area is 82.5 Å². The molecule has 5 heteroatoms. The minimum Gasteiger partial charge on any atom is -0.478 e. The fourth-order valence-electron chi connectivity index (χ4n) is 0. The molecule has 3 N–H and O–H groups in total. The molecule has 0 saturated heterocycles. The summed E-state index contributed by atoms with van der Waals surface area (Å²) in [6, 6.07) is 1.69. The molecule has 1 amide bonds. The number of amides is 1. The summed E-state index contributed by atoms with van der Waals surface area (Å²) in [5, 5.41) is 15.1. The summed E-state index contributed by atoms with van der Waals surface area (Å²) >= 11 is 0. The third kappa shape index (κ3) is 103. The van der Waals surface area contributed by atoms with Crippen molar-refractivity contribution in [1.29, 1.82) is 5.26 Å². The highest BCUT2D eigenvalue weighted by atomic mass is 16.4. The van der Waals surface area contributed by atoms with Crippen molar-refractivity contribution in [3.05, 3.63) is 38.0 Å². The van der Waals surface area contributed by atoms with Crippen LogP contribution in [0.4, 0.5) is 0 Å². The van der Waals surface area contributed by atoms with Crippen LogP contribution in [-0.2, 0) is 9.59 Å². The largest absolute Gasteiger partial charge is 0.478 e. The Bertz CT molecular complexity index is 233. The summed E-state index contributed by atoms with van der Waals surface area (Å²) in [5.74, 6) is -1.46. The van der Waals surface area contributed by atoms with E-state index in [0.29, 0.717) is 0 Å². The molecule has 0 aromatic carbocycles. The van der Waals surface area contributed by atoms with Crippen LogP contribution in [0.25, 0.3) is 0 Å². The fourth-order valence-corrected chi connectivity index (χ4v) is 0. The number of carbonyl (C=O) groups is 2. The molecule has 0 aliphatic rings. The van der Waals surface area contributed by atoms with Gasteiger partial charge in [0.05, 0.1) is 6.07 Å². The molecule has 0 bridgehead atoms. The van der Waals surface area contributed by atoms with Crippen LogP contribution in [0, 0.1) is 11.3 Å². The standard InChI is InChI=1S/C3H5NO.C3H3N.C3H4O2/c1-2-3(4)5;1-2-3-4;1-2-3(4)5/h2H,1H2,(H2,4,5);2H,1H2;2H,1H2,(H,4,5). The highest BCUT2D eigenvalue weighted by Gasteiger charge is 1.73. The van der Waals surface area contributed by atoms with E-state index in [0.717, 1.165) is 12.2 Å². The Morgan fingerprint density at radius 1 is 1.29 bits per heavy atom. The summed E-state index contributed by atoms with van der Waals surface area (Å²) in [6.07, 6.45) is 3.07. The van der Waals surface area contributed by atoms with E-state index in [4.69, 9.17) is 10.4 Å². The van der Waals surface area contributed by atoms with Crippen LogP contribution in [0.15, 0.2) is 38.0 Å². The van der Waals surface area contributed by atoms with Crippen LogP contribution in [0.1, 0.15) is 0 Å². The van der Waals surface area contributed by atoms with Gasteiger partial charge in [-0.2, -0.15) is 5.26 Å². The van der Waals surface area contributed by atoms with Crippen molar-refractivity contribution in [3.63, 3.8) is 0 Å². The molecule has 0 aromatic rings. The fraction of sp³-hybridized carbons (Fsp3) is 0. The number of hydrogen-bond acceptors (Lipinski definition) is 3. The minimum atomic E-state index is -0.981. The number of hydrogen-bond donors (Lipinski definition) is 2. The van der Waals surface area contributed by atoms with Crippen molar-refractivity contribution < 1.29 is 14.7 Å². The first-order chi connectivity index (χ1) is 6.45. The van der Waals surface area contributed by atoms with Gasteiger partial charge < -0.3 is 10.8 Å². The van der Waals surface area contributed by atoms with Gasteiger partial charge in [-0.05, 0) is 6.08 Å². The lowest BCUT2D eigenvalue weighted by molar-refractivity contribution is -0.131. The van der Waals surface area contributed by atoms with E-state index < -0.39 is 11.9 Å². The maximum Gasteiger partial charge on any atom is 0.327 e. The maximum atomic E-state index is 9.47. The lowest BCUT2D eigenvalue weighted by atomic mass is 10.6. The number of carboxylic acid groups (broad SMARTS) is 1. The molecule has 0 aliphatic heterocycles. The van der Waals surface area contributed by atoms with E-state index in [-0.39, 0.29) is 0 Å². The lowest BCUT2D eigenvalue weighted by Crippen LogP contribution is -2.04. The summed E-state index contributed by atoms with van der Waals surface area (Å²) < 4.78 is 0. The number of rotatable bonds is 2. The number of nitrogens with two attached hydrogens (primary N) is 1. The van der Waals surface area contributed by atoms with Gasteiger partial charge in [-0.25, -0.2) is 4.79 Å². The second kappa shape index (κ2) is 16.9. The summed E-state index contributed by atoms with van der Waals surface area (Å²) in [6.45, 7) is 9.16. The quantitative estimate of drug-likeness (QED) is 0.498. The second-order valence-electron chi connectivity index (χ2n) is 1.48. The third-order valence-corrected chi connectivity index (χ3v) is 0.467. The first-order valence-electron chi connectivity index (χ1n) is 3.23. The van der Waals surface area contributed by atoms with Gasteiger partial charge in [-0.3, -0.25) is 4.79 Å². The first-order valence-corrected chi connectivity index (χ1v) is 3.23. The van der Waals surface area contributed by atoms with Gasteiger partial charge in [0.25, 0.3) is 0 Å². The molecule has 76 valence electrons. The Morgan fingerprint density at radius 2 is 1.50 bits per heavy atom. The summed E-state index contributed by atoms with van der Waals surface area (Å²) in [4.78, 5) is 18.7. The molecule has 0 spiro atoms. The number of nitriles is 1. The summed E-state index contributed by atoms with van der Waals surface area (Å²) in [7, 11) is 0. The molecule has 0 unspecified atom stereocenters. The lowest BCUT2D eigenvalue weighted by Gasteiger charge is -1.65. The SMILES string of the molecule is C=CC#N.C=CC(=O)O.C=CC(N)=O. The van der Waals surface area contributed by atoms with Crippen LogP contribution in [0.2, 0.25) is 0 Å². The van der Waals surface area contributed by atoms with Crippen molar-refractivity contribution in [3.8, 4) is 6.07 Å². The molecule has 0 saturated carbocycles. The van der Waals surface area contributed by atoms with Crippen LogP contribution in [0.3, 0.4) is 0 Å². The molecule has 0 aliphatic carbocycles. The molecule has 0 aromatic heterocycles. The van der Waals surface area contributed by atoms with Gasteiger partial charge in [0.2, 0.25) is 5.91 Å². The zero-order valence-electron chi connectivity index (χ0n) is 7.64. The van der Waals surface area contributed by atoms with Crippen molar-refractivity contribution in [1.82, 2.24) is 0 Å². The Hall–Kier alpha value is -2.35. The van der Waals surface area contributed by atoms with Crippen LogP contribution >= 0.6 is 0 Å². The van der Waals surface area contributed by atoms with Gasteiger partial charge >= 0.3 is 5.97 Å². The topological polar surface area (TPSA) is 104 Å². The zero-order valence-corrected chi connectivity index (χ0v) is 7.64. The van der Waals surface area contributed by atoms with E-state index in [1.807, 2.05) is 0 Å². The van der Waals surface area contributed by atoms with Crippen molar-refractivity contribution >= 4 is 11.9 Å². The highest BCUT2D eigenvalue weighted by Crippen LogP contribution is 1.54. The van der Waals surface area contributed by atoms with Gasteiger partial charge in [0.1, 0.15) is 0 Å². The number of carboxylic acids is 1. The van der Waals surface area contributed by atoms with Crippen LogP contribution < -0.4 is 5.73 Å². The Morgan fingerprint density at radius 3 is 1.50 bits per heavy atom. The van der Waals surface area contributed by atoms with Crippen molar-refractivity contribution in [2.45, 2.75) is 0 Å². The second-order valence-corrected chi connectivity index (χ2v) is 1.48. The van der Waals surface area contributed by atoms with Crippen LogP contribution in [0.5, 0.6) is 0 Å². The monoisotopic (exact) mass is 196 g/mol. The van der Waals surface area contributed by atoms with E-state index in [1.165, 1.54) is 6.08 Å². The maximum absolute atomic E-state index is 9.47. The van der Waals surface area contributed by atoms with E-state index in [2.05, 4.69) is 25.5 Å². The molecular formula is C9H12N2O3. The molecule has 0 rings (SSSR count). The van der Waals surface area contributed by atoms with E-state index in [9.17, 15) is 9.59 Å². The minimum absolute atomic E-state index is 0.481. The molecule has 0 fully saturated rings. The normalized spacial score (nSPS) is 5.64. The Balaban J connectivity index is -0.000000131. The zero-order chi connectivity index (χ0) is 12.0. The van der Waals surface area contributed by atoms with Gasteiger partial charge in [-0.15, -0.1) is 0 Å². The van der Waals surface area contributed by atoms with Crippen LogP contribution in [-0.4, -0.2) is 17.0 Å². The number of primary amides is 1. The molecule has 14 heavy (non-hydrogen) atoms. The number of aliphatic carboxylic acids is 1. The molecule has 0 heterocycles. The molecule has 5 nitrogen and oxygen atoms in total.